The maximum atomic E-state index is 10.5. The number of pyridine rings is 1. The molecular weight excluding hydrogens is 234 g/mol. The van der Waals surface area contributed by atoms with Gasteiger partial charge in [-0.2, -0.15) is 0 Å². The lowest BCUT2D eigenvalue weighted by Gasteiger charge is -2.02. The minimum Gasteiger partial charge on any atom is -0.481 e. The molecular formula is C11H13N5O2. The zero-order valence-corrected chi connectivity index (χ0v) is 9.73. The molecule has 7 nitrogen and oxygen atoms in total. The lowest BCUT2D eigenvalue weighted by Crippen LogP contribution is -2.10. The summed E-state index contributed by atoms with van der Waals surface area (Å²) in [6.07, 6.45) is 4.98. The van der Waals surface area contributed by atoms with E-state index in [9.17, 15) is 4.79 Å². The first-order valence-corrected chi connectivity index (χ1v) is 5.61. The molecule has 0 unspecified atom stereocenters. The standard InChI is InChI=1S/C11H13N5O2/c17-11(18)5-8-16-10(13-14-15-16)2-1-9-3-6-12-7-4-9/h3-4,6-7H,1-2,5,8H2,(H,17,18). The van der Waals surface area contributed by atoms with Gasteiger partial charge in [-0.1, -0.05) is 0 Å². The average molecular weight is 247 g/mol. The van der Waals surface area contributed by atoms with Gasteiger partial charge in [-0.05, 0) is 34.5 Å². The molecule has 2 aromatic heterocycles. The van der Waals surface area contributed by atoms with Crippen LogP contribution in [0.4, 0.5) is 0 Å². The lowest BCUT2D eigenvalue weighted by molar-refractivity contribution is -0.137. The van der Waals surface area contributed by atoms with Crippen LogP contribution in [0.15, 0.2) is 24.5 Å². The Kier molecular flexibility index (Phi) is 3.95. The predicted octanol–water partition coefficient (Wildman–Crippen LogP) is 0.328. The Bertz CT molecular complexity index is 511. The second-order valence-electron chi connectivity index (χ2n) is 3.82. The SMILES string of the molecule is O=C(O)CCn1nnnc1CCc1ccncc1. The molecule has 0 aliphatic heterocycles. The van der Waals surface area contributed by atoms with Crippen molar-refractivity contribution in [1.29, 1.82) is 0 Å². The van der Waals surface area contributed by atoms with Gasteiger partial charge in [0.1, 0.15) is 0 Å². The third-order valence-corrected chi connectivity index (χ3v) is 2.53. The Balaban J connectivity index is 1.93. The average Bonchev–Trinajstić information content (AvgIpc) is 2.82. The first-order valence-electron chi connectivity index (χ1n) is 5.61. The van der Waals surface area contributed by atoms with Gasteiger partial charge in [0.2, 0.25) is 0 Å². The van der Waals surface area contributed by atoms with Crippen molar-refractivity contribution in [2.45, 2.75) is 25.8 Å². The zero-order chi connectivity index (χ0) is 12.8. The Labute approximate surface area is 103 Å². The number of hydrogen-bond acceptors (Lipinski definition) is 5. The van der Waals surface area contributed by atoms with Gasteiger partial charge in [0.15, 0.2) is 5.82 Å². The monoisotopic (exact) mass is 247 g/mol. The van der Waals surface area contributed by atoms with E-state index < -0.39 is 5.97 Å². The second kappa shape index (κ2) is 5.85. The van der Waals surface area contributed by atoms with Gasteiger partial charge in [0, 0.05) is 18.8 Å². The van der Waals surface area contributed by atoms with Gasteiger partial charge >= 0.3 is 5.97 Å². The van der Waals surface area contributed by atoms with Gasteiger partial charge in [0.05, 0.1) is 13.0 Å². The molecule has 0 aromatic carbocycles. The van der Waals surface area contributed by atoms with Crippen LogP contribution < -0.4 is 0 Å². The molecule has 0 aliphatic rings. The van der Waals surface area contributed by atoms with E-state index >= 15 is 0 Å². The van der Waals surface area contributed by atoms with Crippen LogP contribution in [0.2, 0.25) is 0 Å². The van der Waals surface area contributed by atoms with E-state index in [0.717, 1.165) is 12.0 Å². The number of nitrogens with zero attached hydrogens (tertiary/aromatic N) is 5. The predicted molar refractivity (Wildman–Crippen MR) is 61.7 cm³/mol. The van der Waals surface area contributed by atoms with Gasteiger partial charge in [-0.3, -0.25) is 9.78 Å². The quantitative estimate of drug-likeness (QED) is 0.790. The summed E-state index contributed by atoms with van der Waals surface area (Å²) in [6, 6.07) is 3.87. The summed E-state index contributed by atoms with van der Waals surface area (Å²) in [7, 11) is 0. The van der Waals surface area contributed by atoms with Crippen LogP contribution in [0.3, 0.4) is 0 Å². The van der Waals surface area contributed by atoms with E-state index in [-0.39, 0.29) is 6.42 Å². The van der Waals surface area contributed by atoms with Crippen LogP contribution in [0.5, 0.6) is 0 Å². The Morgan fingerprint density at radius 3 is 2.78 bits per heavy atom. The lowest BCUT2D eigenvalue weighted by atomic mass is 10.1. The smallest absolute Gasteiger partial charge is 0.305 e. The minimum absolute atomic E-state index is 0.0211. The maximum Gasteiger partial charge on any atom is 0.305 e. The van der Waals surface area contributed by atoms with Gasteiger partial charge in [-0.15, -0.1) is 5.10 Å². The van der Waals surface area contributed by atoms with E-state index in [2.05, 4.69) is 20.5 Å². The normalized spacial score (nSPS) is 10.4. The molecule has 0 spiro atoms. The van der Waals surface area contributed by atoms with Crippen molar-refractivity contribution >= 4 is 5.97 Å². The highest BCUT2D eigenvalue weighted by atomic mass is 16.4. The topological polar surface area (TPSA) is 93.8 Å². The van der Waals surface area contributed by atoms with Crippen molar-refractivity contribution in [3.8, 4) is 0 Å². The molecule has 0 atom stereocenters. The number of carboxylic acids is 1. The number of aromatic nitrogens is 5. The summed E-state index contributed by atoms with van der Waals surface area (Å²) in [5.41, 5.74) is 1.15. The van der Waals surface area contributed by atoms with Crippen LogP contribution in [-0.4, -0.2) is 36.3 Å². The molecule has 0 saturated carbocycles. The van der Waals surface area contributed by atoms with Crippen LogP contribution in [0, 0.1) is 0 Å². The number of carbonyl (C=O) groups is 1. The summed E-state index contributed by atoms with van der Waals surface area (Å²) < 4.78 is 1.54. The highest BCUT2D eigenvalue weighted by molar-refractivity contribution is 5.66. The van der Waals surface area contributed by atoms with Crippen molar-refractivity contribution in [2.24, 2.45) is 0 Å². The van der Waals surface area contributed by atoms with Crippen molar-refractivity contribution in [3.05, 3.63) is 35.9 Å². The fourth-order valence-corrected chi connectivity index (χ4v) is 1.58. The third kappa shape index (κ3) is 3.34. The summed E-state index contributed by atoms with van der Waals surface area (Å²) in [5.74, 6) is -0.154. The minimum atomic E-state index is -0.856. The number of aliphatic carboxylic acids is 1. The van der Waals surface area contributed by atoms with E-state index in [1.807, 2.05) is 12.1 Å². The summed E-state index contributed by atoms with van der Waals surface area (Å²) in [4.78, 5) is 14.4. The molecule has 2 rings (SSSR count). The molecule has 94 valence electrons. The van der Waals surface area contributed by atoms with E-state index in [1.54, 1.807) is 12.4 Å². The van der Waals surface area contributed by atoms with Crippen molar-refractivity contribution in [1.82, 2.24) is 25.2 Å². The van der Waals surface area contributed by atoms with Gasteiger partial charge in [-0.25, -0.2) is 4.68 Å². The molecule has 2 aromatic rings. The first-order chi connectivity index (χ1) is 8.75. The number of carboxylic acid groups (broad SMARTS) is 1. The molecule has 2 heterocycles. The maximum absolute atomic E-state index is 10.5. The van der Waals surface area contributed by atoms with Gasteiger partial charge in [0.25, 0.3) is 0 Å². The van der Waals surface area contributed by atoms with Crippen LogP contribution in [0.25, 0.3) is 0 Å². The number of aryl methyl sites for hydroxylation is 3. The molecule has 0 amide bonds. The number of tetrazole rings is 1. The fourth-order valence-electron chi connectivity index (χ4n) is 1.58. The summed E-state index contributed by atoms with van der Waals surface area (Å²) >= 11 is 0. The molecule has 1 N–H and O–H groups in total. The summed E-state index contributed by atoms with van der Waals surface area (Å²) in [5, 5.41) is 19.9. The van der Waals surface area contributed by atoms with Gasteiger partial charge < -0.3 is 5.11 Å². The van der Waals surface area contributed by atoms with Crippen molar-refractivity contribution in [2.75, 3.05) is 0 Å². The molecule has 7 heteroatoms. The molecule has 0 saturated heterocycles. The second-order valence-corrected chi connectivity index (χ2v) is 3.82. The fraction of sp³-hybridized carbons (Fsp3) is 0.364. The largest absolute Gasteiger partial charge is 0.481 e. The molecule has 0 fully saturated rings. The number of hydrogen-bond donors (Lipinski definition) is 1. The molecule has 0 radical (unpaired) electrons. The molecule has 18 heavy (non-hydrogen) atoms. The Hall–Kier alpha value is -2.31. The zero-order valence-electron chi connectivity index (χ0n) is 9.73. The van der Waals surface area contributed by atoms with E-state index in [4.69, 9.17) is 5.11 Å². The highest BCUT2D eigenvalue weighted by Crippen LogP contribution is 2.03. The summed E-state index contributed by atoms with van der Waals surface area (Å²) in [6.45, 7) is 0.300. The van der Waals surface area contributed by atoms with Crippen LogP contribution >= 0.6 is 0 Å². The van der Waals surface area contributed by atoms with Crippen molar-refractivity contribution in [3.63, 3.8) is 0 Å². The van der Waals surface area contributed by atoms with Crippen LogP contribution in [0.1, 0.15) is 17.8 Å². The Morgan fingerprint density at radius 2 is 2.06 bits per heavy atom. The Morgan fingerprint density at radius 1 is 1.28 bits per heavy atom. The van der Waals surface area contributed by atoms with E-state index in [1.165, 1.54) is 4.68 Å². The first kappa shape index (κ1) is 12.2. The van der Waals surface area contributed by atoms with Crippen molar-refractivity contribution < 1.29 is 9.90 Å². The highest BCUT2D eigenvalue weighted by Gasteiger charge is 2.07. The molecule has 0 aliphatic carbocycles. The van der Waals surface area contributed by atoms with E-state index in [0.29, 0.717) is 18.8 Å². The third-order valence-electron chi connectivity index (χ3n) is 2.53. The van der Waals surface area contributed by atoms with Crippen LogP contribution in [-0.2, 0) is 24.2 Å². The molecule has 0 bridgehead atoms. The number of rotatable bonds is 6.